The van der Waals surface area contributed by atoms with Crippen molar-refractivity contribution in [2.24, 2.45) is 52.3 Å². The van der Waals surface area contributed by atoms with Crippen LogP contribution in [0, 0.1) is 23.7 Å². The molecule has 0 fully saturated rings. The Labute approximate surface area is 609 Å². The van der Waals surface area contributed by atoms with Gasteiger partial charge in [0.1, 0.15) is 78.3 Å². The summed E-state index contributed by atoms with van der Waals surface area (Å²) < 4.78 is 0. The Kier molecular flexibility index (Phi) is 44.1. The molecule has 12 amide bonds. The zero-order valence-electron chi connectivity index (χ0n) is 62.2. The summed E-state index contributed by atoms with van der Waals surface area (Å²) in [6, 6.07) is -12.2. The number of carbonyl (C=O) groups is 14. The van der Waals surface area contributed by atoms with Gasteiger partial charge in [0.25, 0.3) is 0 Å². The number of carboxylic acids is 2. The van der Waals surface area contributed by atoms with E-state index in [2.05, 4.69) is 63.8 Å². The number of carbonyl (C=O) groups excluding carboxylic acids is 12. The number of aliphatic carboxylic acids is 2. The molecule has 35 heteroatoms. The molecule has 35 nitrogen and oxygen atoms in total. The zero-order chi connectivity index (χ0) is 79.1. The molecule has 104 heavy (non-hydrogen) atoms. The van der Waals surface area contributed by atoms with Crippen LogP contribution in [0.15, 0.2) is 24.3 Å². The molecule has 0 spiro atoms. The first kappa shape index (κ1) is 93.4. The molecule has 0 unspecified atom stereocenters. The second-order valence-corrected chi connectivity index (χ2v) is 27.8. The van der Waals surface area contributed by atoms with Crippen molar-refractivity contribution in [3.8, 4) is 5.75 Å². The van der Waals surface area contributed by atoms with Gasteiger partial charge >= 0.3 is 11.9 Å². The number of amides is 12. The van der Waals surface area contributed by atoms with Crippen LogP contribution < -0.4 is 92.5 Å². The highest BCUT2D eigenvalue weighted by Crippen LogP contribution is 2.17. The van der Waals surface area contributed by atoms with Crippen LogP contribution in [0.5, 0.6) is 5.75 Å². The fourth-order valence-electron chi connectivity index (χ4n) is 10.7. The van der Waals surface area contributed by atoms with Gasteiger partial charge in [-0.05, 0) is 172 Å². The quantitative estimate of drug-likeness (QED) is 0.0289. The number of phenols is 1. The van der Waals surface area contributed by atoms with Gasteiger partial charge in [0.15, 0.2) is 0 Å². The van der Waals surface area contributed by atoms with Crippen LogP contribution in [0.1, 0.15) is 178 Å². The third-order valence-electron chi connectivity index (χ3n) is 17.0. The second kappa shape index (κ2) is 49.1. The topological polar surface area (TPSA) is 594 Å². The van der Waals surface area contributed by atoms with Crippen molar-refractivity contribution in [3.63, 3.8) is 0 Å². The lowest BCUT2D eigenvalue weighted by molar-refractivity contribution is -0.143. The van der Waals surface area contributed by atoms with Crippen LogP contribution in [0.2, 0.25) is 0 Å². The van der Waals surface area contributed by atoms with Gasteiger partial charge in [-0.2, -0.15) is 0 Å². The minimum Gasteiger partial charge on any atom is -0.508 e. The molecule has 0 saturated heterocycles. The summed E-state index contributed by atoms with van der Waals surface area (Å²) in [7, 11) is 0. The molecular weight excluding hydrogens is 1350 g/mol. The van der Waals surface area contributed by atoms with Crippen molar-refractivity contribution in [1.82, 2.24) is 63.8 Å². The fraction of sp³-hybridized carbons (Fsp3) is 0.710. The third kappa shape index (κ3) is 35.2. The first-order chi connectivity index (χ1) is 48.8. The molecule has 0 aliphatic heterocycles. The summed E-state index contributed by atoms with van der Waals surface area (Å²) in [4.78, 5) is 191. The number of hydrogen-bond acceptors (Lipinski definition) is 21. The van der Waals surface area contributed by atoms with Crippen molar-refractivity contribution >= 4 is 82.8 Å². The maximum absolute atomic E-state index is 14.3. The van der Waals surface area contributed by atoms with E-state index in [9.17, 15) is 82.4 Å². The smallest absolute Gasteiger partial charge is 0.326 e. The summed E-state index contributed by atoms with van der Waals surface area (Å²) in [5.74, 6) is -15.3. The van der Waals surface area contributed by atoms with Crippen LogP contribution in [0.4, 0.5) is 0 Å². The average molecular weight is 1480 g/mol. The molecule has 0 aliphatic carbocycles. The molecule has 0 heterocycles. The first-order valence-corrected chi connectivity index (χ1v) is 35.9. The predicted octanol–water partition coefficient (Wildman–Crippen LogP) is -3.02. The molecule has 0 radical (unpaired) electrons. The Morgan fingerprint density at radius 1 is 0.356 bits per heavy atom. The summed E-state index contributed by atoms with van der Waals surface area (Å²) >= 11 is 0. The Bertz CT molecular complexity index is 2940. The molecule has 1 aromatic carbocycles. The van der Waals surface area contributed by atoms with E-state index in [0.29, 0.717) is 76.4 Å². The third-order valence-corrected chi connectivity index (χ3v) is 17.0. The lowest BCUT2D eigenvalue weighted by atomic mass is 9.98. The number of unbranched alkanes of at least 4 members (excludes halogenated alkanes) is 4. The maximum atomic E-state index is 14.3. The summed E-state index contributed by atoms with van der Waals surface area (Å²) in [6.07, 6.45) is 1.64. The molecule has 590 valence electrons. The van der Waals surface area contributed by atoms with Gasteiger partial charge in [-0.1, -0.05) is 73.9 Å². The van der Waals surface area contributed by atoms with E-state index in [1.54, 1.807) is 55.4 Å². The van der Waals surface area contributed by atoms with Gasteiger partial charge in [-0.15, -0.1) is 0 Å². The molecule has 1 rings (SSSR count). The summed E-state index contributed by atoms with van der Waals surface area (Å²) in [6.45, 7) is 18.0. The number of aliphatic hydroxyl groups excluding tert-OH is 1. The second-order valence-electron chi connectivity index (χ2n) is 27.8. The zero-order valence-corrected chi connectivity index (χ0v) is 62.2. The van der Waals surface area contributed by atoms with Crippen LogP contribution >= 0.6 is 0 Å². The molecule has 26 N–H and O–H groups in total. The van der Waals surface area contributed by atoms with E-state index in [1.165, 1.54) is 38.1 Å². The Balaban J connectivity index is 3.39. The van der Waals surface area contributed by atoms with Crippen molar-refractivity contribution in [2.45, 2.75) is 264 Å². The van der Waals surface area contributed by atoms with Crippen molar-refractivity contribution in [3.05, 3.63) is 29.8 Å². The molecular formula is C69H121N17O18. The van der Waals surface area contributed by atoms with E-state index < -0.39 is 198 Å². The van der Waals surface area contributed by atoms with Gasteiger partial charge in [-0.25, -0.2) is 4.79 Å². The number of nitrogens with one attached hydrogen (secondary N) is 12. The van der Waals surface area contributed by atoms with E-state index >= 15 is 0 Å². The molecule has 0 aromatic heterocycles. The normalized spacial score (nSPS) is 15.4. The van der Waals surface area contributed by atoms with E-state index in [1.807, 2.05) is 0 Å². The molecule has 0 aliphatic rings. The fourth-order valence-corrected chi connectivity index (χ4v) is 10.7. The Hall–Kier alpha value is -8.64. The predicted molar refractivity (Wildman–Crippen MR) is 386 cm³/mol. The van der Waals surface area contributed by atoms with E-state index in [-0.39, 0.29) is 56.9 Å². The van der Waals surface area contributed by atoms with Crippen molar-refractivity contribution in [2.75, 3.05) is 26.2 Å². The van der Waals surface area contributed by atoms with Gasteiger partial charge in [0.05, 0.1) is 12.1 Å². The molecule has 0 saturated carbocycles. The van der Waals surface area contributed by atoms with Crippen LogP contribution in [-0.2, 0) is 73.5 Å². The van der Waals surface area contributed by atoms with Crippen molar-refractivity contribution in [1.29, 1.82) is 0 Å². The number of carboxylic acid groups (broad SMARTS) is 2. The SMILES string of the molecule is CC(C)C[C@H](NC(=O)[C@@H](NC(=O)[C@H](Cc1ccc(O)cc1)NC(=O)[C@@H](NC(=O)[C@H](C)NC(=O)[C@H](C)NC(=O)[C@@H](NC(=O)[C@@H](NC(=O)[C@H](CCCCN)NC(=O)[C@H](CCCCN)NC(=O)[C@H](CCCCN)NC(=O)[C@@H](N)CCCCN)C(C)C)C(C)C)[C@@H](C)O)C(C)C)C(=O)N[C@@H](CCC(=O)O)C(=O)O. The van der Waals surface area contributed by atoms with Gasteiger partial charge in [0.2, 0.25) is 70.9 Å². The van der Waals surface area contributed by atoms with Crippen LogP contribution in [0.3, 0.4) is 0 Å². The standard InChI is InChI=1S/C69H121N17O18/c1-36(2)34-50(63(97)80-49(69(103)104)28-29-52(89)90)81-66(100)54(38(5)6)84-64(98)51(35-43-24-26-44(88)27-25-43)82-68(102)56(42(11)87)86-58(92)41(10)75-57(91)40(9)76-65(99)53(37(3)4)85-67(101)55(39(7)8)83-62(96)48(23-15-19-33-73)79-61(95)47(22-14-18-32-72)78-60(94)46(21-13-17-31-71)77-59(93)45(74)20-12-16-30-70/h24-27,36-42,45-51,53-56,87-88H,12-23,28-35,70-74H2,1-11H3,(H,75,91)(H,76,99)(H,77,93)(H,78,94)(H,79,95)(H,80,97)(H,81,100)(H,82,102)(H,83,96)(H,84,98)(H,85,101)(H,86,92)(H,89,90)(H,103,104)/t40-,41-,42+,45-,46-,47-,48-,49-,50-,51-,53-,54-,55-,56-/m0/s1. The maximum Gasteiger partial charge on any atom is 0.326 e. The van der Waals surface area contributed by atoms with E-state index in [4.69, 9.17) is 33.8 Å². The summed E-state index contributed by atoms with van der Waals surface area (Å²) in [5, 5.41) is 70.6. The summed E-state index contributed by atoms with van der Waals surface area (Å²) in [5.41, 5.74) is 29.5. The minimum atomic E-state index is -1.81. The number of hydrogen-bond donors (Lipinski definition) is 21. The van der Waals surface area contributed by atoms with E-state index in [0.717, 1.165) is 6.92 Å². The largest absolute Gasteiger partial charge is 0.508 e. The number of phenolic OH excluding ortho intramolecular Hbond substituents is 1. The lowest BCUT2D eigenvalue weighted by Crippen LogP contribution is -2.62. The number of aliphatic hydroxyl groups is 1. The first-order valence-electron chi connectivity index (χ1n) is 35.9. The number of rotatable bonds is 52. The Morgan fingerprint density at radius 3 is 1.08 bits per heavy atom. The van der Waals surface area contributed by atoms with Crippen molar-refractivity contribution < 1.29 is 87.5 Å². The minimum absolute atomic E-state index is 0.00798. The van der Waals surface area contributed by atoms with Crippen LogP contribution in [-0.4, -0.2) is 214 Å². The van der Waals surface area contributed by atoms with Gasteiger partial charge < -0.3 is 113 Å². The number of aromatic hydroxyl groups is 1. The monoisotopic (exact) mass is 1480 g/mol. The number of nitrogens with two attached hydrogens (primary N) is 5. The molecule has 0 bridgehead atoms. The highest BCUT2D eigenvalue weighted by molar-refractivity contribution is 6.00. The highest BCUT2D eigenvalue weighted by atomic mass is 16.4. The van der Waals surface area contributed by atoms with Crippen LogP contribution in [0.25, 0.3) is 0 Å². The lowest BCUT2D eigenvalue weighted by Gasteiger charge is -2.30. The molecule has 14 atom stereocenters. The molecule has 1 aromatic rings. The highest BCUT2D eigenvalue weighted by Gasteiger charge is 2.39. The number of benzene rings is 1. The van der Waals surface area contributed by atoms with Gasteiger partial charge in [0, 0.05) is 12.8 Å². The average Bonchev–Trinajstić information content (AvgIpc) is 0.848. The van der Waals surface area contributed by atoms with Gasteiger partial charge in [-0.3, -0.25) is 62.3 Å². The Morgan fingerprint density at radius 2 is 0.673 bits per heavy atom.